The number of aliphatic hydroxyl groups is 1. The van der Waals surface area contributed by atoms with Crippen molar-refractivity contribution < 1.29 is 29.3 Å². The third-order valence-electron chi connectivity index (χ3n) is 8.79. The first-order valence-corrected chi connectivity index (χ1v) is 14.2. The van der Waals surface area contributed by atoms with Crippen LogP contribution in [-0.4, -0.2) is 85.6 Å². The van der Waals surface area contributed by atoms with Crippen LogP contribution in [0.3, 0.4) is 0 Å². The van der Waals surface area contributed by atoms with Crippen LogP contribution in [0.5, 0.6) is 0 Å². The highest BCUT2D eigenvalue weighted by atomic mass is 79.9. The molecule has 1 aromatic carbocycles. The summed E-state index contributed by atoms with van der Waals surface area (Å²) < 4.78 is 6.42. The van der Waals surface area contributed by atoms with Crippen molar-refractivity contribution >= 4 is 33.7 Å². The number of carboxylic acids is 1. The molecule has 8 nitrogen and oxygen atoms in total. The number of rotatable bonds is 9. The van der Waals surface area contributed by atoms with Crippen molar-refractivity contribution in [2.24, 2.45) is 11.8 Å². The lowest BCUT2D eigenvalue weighted by atomic mass is 9.70. The Hall–Kier alpha value is -2.23. The molecule has 4 fully saturated rings. The maximum Gasteiger partial charge on any atom is 0.310 e. The van der Waals surface area contributed by atoms with Gasteiger partial charge >= 0.3 is 5.97 Å². The molecule has 1 aromatic rings. The van der Waals surface area contributed by atoms with Crippen molar-refractivity contribution in [3.63, 3.8) is 0 Å². The molecule has 7 atom stereocenters. The number of hydrogen-bond acceptors (Lipinski definition) is 5. The lowest BCUT2D eigenvalue weighted by Gasteiger charge is -2.42. The second-order valence-electron chi connectivity index (χ2n) is 10.8. The summed E-state index contributed by atoms with van der Waals surface area (Å²) in [7, 11) is 0. The van der Waals surface area contributed by atoms with Crippen molar-refractivity contribution in [3.05, 3.63) is 48.6 Å². The van der Waals surface area contributed by atoms with Crippen molar-refractivity contribution in [1.29, 1.82) is 0 Å². The van der Waals surface area contributed by atoms with Gasteiger partial charge in [-0.15, -0.1) is 6.58 Å². The molecule has 3 heterocycles. The quantitative estimate of drug-likeness (QED) is 0.347. The monoisotopic (exact) mass is 574 g/mol. The zero-order valence-corrected chi connectivity index (χ0v) is 22.5. The molecule has 1 saturated carbocycles. The van der Waals surface area contributed by atoms with E-state index in [1.807, 2.05) is 35.2 Å². The van der Waals surface area contributed by atoms with Gasteiger partial charge < -0.3 is 24.7 Å². The van der Waals surface area contributed by atoms with Gasteiger partial charge in [-0.3, -0.25) is 14.4 Å². The van der Waals surface area contributed by atoms with Crippen LogP contribution in [-0.2, 0) is 25.5 Å². The van der Waals surface area contributed by atoms with Gasteiger partial charge in [-0.2, -0.15) is 0 Å². The van der Waals surface area contributed by atoms with Gasteiger partial charge in [-0.05, 0) is 31.2 Å². The Labute approximate surface area is 225 Å². The van der Waals surface area contributed by atoms with E-state index in [1.165, 1.54) is 4.90 Å². The fourth-order valence-corrected chi connectivity index (χ4v) is 8.21. The van der Waals surface area contributed by atoms with Crippen LogP contribution in [0.1, 0.15) is 44.1 Å². The summed E-state index contributed by atoms with van der Waals surface area (Å²) in [5, 5.41) is 20.6. The first kappa shape index (κ1) is 26.4. The van der Waals surface area contributed by atoms with Gasteiger partial charge in [0.1, 0.15) is 11.6 Å². The van der Waals surface area contributed by atoms with Crippen molar-refractivity contribution in [1.82, 2.24) is 9.80 Å². The SMILES string of the molecule is C=CCN(C(=O)C1N([C@@H](CO)Cc2ccccc2)C(=O)[C@@H]2[C@@H](C(=O)O)[C@@H]3OC12CC3Br)C1CCCCC1. The van der Waals surface area contributed by atoms with E-state index in [2.05, 4.69) is 22.5 Å². The number of carboxylic acid groups (broad SMARTS) is 1. The van der Waals surface area contributed by atoms with Gasteiger partial charge in [0.15, 0.2) is 0 Å². The number of nitrogens with zero attached hydrogens (tertiary/aromatic N) is 2. The number of hydrogen-bond donors (Lipinski definition) is 2. The molecule has 9 heteroatoms. The molecular formula is C28H35BrN2O6. The van der Waals surface area contributed by atoms with Gasteiger partial charge in [0.05, 0.1) is 30.6 Å². The Morgan fingerprint density at radius 1 is 1.24 bits per heavy atom. The third-order valence-corrected chi connectivity index (χ3v) is 9.63. The number of amides is 2. The second-order valence-corrected chi connectivity index (χ2v) is 12.0. The number of carbonyl (C=O) groups excluding carboxylic acids is 2. The zero-order chi connectivity index (χ0) is 26.3. The number of benzene rings is 1. The summed E-state index contributed by atoms with van der Waals surface area (Å²) in [5.74, 6) is -3.77. The lowest BCUT2D eigenvalue weighted by molar-refractivity contribution is -0.154. The Bertz CT molecular complexity index is 1050. The average molecular weight is 575 g/mol. The fourth-order valence-electron chi connectivity index (χ4n) is 7.27. The van der Waals surface area contributed by atoms with E-state index in [1.54, 1.807) is 6.08 Å². The van der Waals surface area contributed by atoms with Crippen LogP contribution in [0.15, 0.2) is 43.0 Å². The molecular weight excluding hydrogens is 540 g/mol. The molecule has 37 heavy (non-hydrogen) atoms. The molecule has 0 radical (unpaired) electrons. The summed E-state index contributed by atoms with van der Waals surface area (Å²) in [6.45, 7) is 3.87. The minimum atomic E-state index is -1.26. The van der Waals surface area contributed by atoms with Crippen LogP contribution in [0.2, 0.25) is 0 Å². The maximum absolute atomic E-state index is 14.5. The molecule has 5 rings (SSSR count). The van der Waals surface area contributed by atoms with Gasteiger partial charge in [-0.25, -0.2) is 0 Å². The molecule has 2 N–H and O–H groups in total. The number of ether oxygens (including phenoxy) is 1. The first-order valence-electron chi connectivity index (χ1n) is 13.3. The van der Waals surface area contributed by atoms with Gasteiger partial charge in [0, 0.05) is 17.4 Å². The Morgan fingerprint density at radius 2 is 1.95 bits per heavy atom. The van der Waals surface area contributed by atoms with E-state index >= 15 is 0 Å². The molecule has 1 spiro atoms. The summed E-state index contributed by atoms with van der Waals surface area (Å²) in [4.78, 5) is 44.1. The van der Waals surface area contributed by atoms with E-state index in [0.717, 1.165) is 37.7 Å². The van der Waals surface area contributed by atoms with Crippen molar-refractivity contribution in [2.75, 3.05) is 13.2 Å². The number of carbonyl (C=O) groups is 3. The smallest absolute Gasteiger partial charge is 0.310 e. The molecule has 0 aromatic heterocycles. The van der Waals surface area contributed by atoms with Gasteiger partial charge in [0.25, 0.3) is 0 Å². The van der Waals surface area contributed by atoms with Crippen molar-refractivity contribution in [3.8, 4) is 0 Å². The summed E-state index contributed by atoms with van der Waals surface area (Å²) in [6, 6.07) is 7.84. The van der Waals surface area contributed by atoms with E-state index in [9.17, 15) is 24.6 Å². The lowest BCUT2D eigenvalue weighted by Crippen LogP contribution is -2.60. The maximum atomic E-state index is 14.5. The topological polar surface area (TPSA) is 107 Å². The molecule has 2 bridgehead atoms. The normalized spacial score (nSPS) is 33.8. The van der Waals surface area contributed by atoms with Crippen molar-refractivity contribution in [2.45, 2.75) is 79.6 Å². The number of fused-ring (bicyclic) bond motifs is 1. The highest BCUT2D eigenvalue weighted by Gasteiger charge is 2.77. The highest BCUT2D eigenvalue weighted by molar-refractivity contribution is 9.09. The Balaban J connectivity index is 1.58. The van der Waals surface area contributed by atoms with Gasteiger partial charge in [-0.1, -0.05) is 71.6 Å². The van der Waals surface area contributed by atoms with E-state index in [4.69, 9.17) is 4.74 Å². The van der Waals surface area contributed by atoms with E-state index in [0.29, 0.717) is 19.4 Å². The van der Waals surface area contributed by atoms with E-state index in [-0.39, 0.29) is 23.4 Å². The highest BCUT2D eigenvalue weighted by Crippen LogP contribution is 2.60. The Kier molecular flexibility index (Phi) is 7.49. The minimum Gasteiger partial charge on any atom is -0.481 e. The molecule has 3 aliphatic heterocycles. The zero-order valence-electron chi connectivity index (χ0n) is 20.9. The van der Waals surface area contributed by atoms with Crippen LogP contribution in [0.25, 0.3) is 0 Å². The molecule has 2 amide bonds. The third kappa shape index (κ3) is 4.33. The predicted octanol–water partition coefficient (Wildman–Crippen LogP) is 2.77. The molecule has 3 saturated heterocycles. The second kappa shape index (κ2) is 10.5. The number of aliphatic carboxylic acids is 1. The summed E-state index contributed by atoms with van der Waals surface area (Å²) in [6.07, 6.45) is 6.68. The standard InChI is InChI=1S/C28H35BrN2O6/c1-2-13-30(18-11-7-4-8-12-18)26(34)24-28-15-20(29)23(37-28)21(27(35)36)22(28)25(33)31(24)19(16-32)14-17-9-5-3-6-10-17/h2-3,5-6,9-10,18-24,32H,1,4,7-8,11-16H2,(H,35,36)/t19-,20?,21-,22+,23-,24?,28?/m1/s1. The van der Waals surface area contributed by atoms with Crippen LogP contribution < -0.4 is 0 Å². The number of halogens is 1. The molecule has 1 aliphatic carbocycles. The number of aliphatic hydroxyl groups excluding tert-OH is 1. The predicted molar refractivity (Wildman–Crippen MR) is 140 cm³/mol. The van der Waals surface area contributed by atoms with Crippen LogP contribution in [0, 0.1) is 11.8 Å². The van der Waals surface area contributed by atoms with Crippen LogP contribution >= 0.6 is 15.9 Å². The van der Waals surface area contributed by atoms with E-state index < -0.39 is 47.5 Å². The number of alkyl halides is 1. The molecule has 4 aliphatic rings. The summed E-state index contributed by atoms with van der Waals surface area (Å²) in [5.41, 5.74) is -0.336. The van der Waals surface area contributed by atoms with Gasteiger partial charge in [0.2, 0.25) is 11.8 Å². The fraction of sp³-hybridized carbons (Fsp3) is 0.607. The largest absolute Gasteiger partial charge is 0.481 e. The van der Waals surface area contributed by atoms with Crippen LogP contribution in [0.4, 0.5) is 0 Å². The summed E-state index contributed by atoms with van der Waals surface area (Å²) >= 11 is 3.60. The molecule has 200 valence electrons. The average Bonchev–Trinajstić information content (AvgIpc) is 3.50. The number of likely N-dealkylation sites (tertiary alicyclic amines) is 1. The minimum absolute atomic E-state index is 0.0296. The molecule has 3 unspecified atom stereocenters. The first-order chi connectivity index (χ1) is 17.8. The Morgan fingerprint density at radius 3 is 2.57 bits per heavy atom.